The molecule has 0 aliphatic carbocycles. The van der Waals surface area contributed by atoms with Crippen LogP contribution >= 0.6 is 11.6 Å². The summed E-state index contributed by atoms with van der Waals surface area (Å²) in [5.74, 6) is -0.495. The van der Waals surface area contributed by atoms with Gasteiger partial charge in [0.15, 0.2) is 0 Å². The number of rotatable bonds is 5. The summed E-state index contributed by atoms with van der Waals surface area (Å²) in [4.78, 5) is 15.0. The number of nitriles is 1. The second-order valence-electron chi connectivity index (χ2n) is 7.88. The fraction of sp³-hybridized carbons (Fsp3) is 0.231. The Balaban J connectivity index is 1.58. The monoisotopic (exact) mass is 460 g/mol. The van der Waals surface area contributed by atoms with Crippen molar-refractivity contribution in [3.8, 4) is 11.8 Å². The highest BCUT2D eigenvalue weighted by atomic mass is 35.5. The Morgan fingerprint density at radius 3 is 2.42 bits per heavy atom. The van der Waals surface area contributed by atoms with Crippen molar-refractivity contribution in [1.29, 1.82) is 5.26 Å². The van der Waals surface area contributed by atoms with Gasteiger partial charge in [0.25, 0.3) is 5.91 Å². The van der Waals surface area contributed by atoms with Crippen molar-refractivity contribution in [3.05, 3.63) is 82.1 Å². The van der Waals surface area contributed by atoms with Gasteiger partial charge in [0.05, 0.1) is 23.9 Å². The number of aromatic nitrogens is 1. The Bertz CT molecular complexity index is 1230. The highest BCUT2D eigenvalue weighted by Crippen LogP contribution is 2.26. The first kappa shape index (κ1) is 22.7. The number of hydrogen-bond acceptors (Lipinski definition) is 4. The maximum Gasteiger partial charge on any atom is 0.266 e. The third-order valence-electron chi connectivity index (χ3n) is 5.74. The molecule has 3 aromatic rings. The van der Waals surface area contributed by atoms with Crippen molar-refractivity contribution in [2.45, 2.75) is 13.8 Å². The number of carbonyl (C=O) groups is 1. The number of morpholine rings is 1. The van der Waals surface area contributed by atoms with E-state index in [2.05, 4.69) is 39.0 Å². The number of ether oxygens (including phenoxy) is 1. The molecule has 1 aliphatic heterocycles. The third kappa shape index (κ3) is 4.95. The van der Waals surface area contributed by atoms with E-state index < -0.39 is 5.91 Å². The van der Waals surface area contributed by atoms with Gasteiger partial charge in [0.1, 0.15) is 11.6 Å². The summed E-state index contributed by atoms with van der Waals surface area (Å²) in [6.45, 7) is 7.27. The van der Waals surface area contributed by atoms with Gasteiger partial charge in [-0.1, -0.05) is 23.7 Å². The van der Waals surface area contributed by atoms with Gasteiger partial charge in [-0.25, -0.2) is 0 Å². The molecule has 0 bridgehead atoms. The maximum absolute atomic E-state index is 12.7. The van der Waals surface area contributed by atoms with Crippen LogP contribution in [-0.4, -0.2) is 36.8 Å². The lowest BCUT2D eigenvalue weighted by Crippen LogP contribution is -2.36. The number of anilines is 2. The smallest absolute Gasteiger partial charge is 0.266 e. The van der Waals surface area contributed by atoms with E-state index in [1.54, 1.807) is 30.3 Å². The van der Waals surface area contributed by atoms with Crippen molar-refractivity contribution in [1.82, 2.24) is 4.57 Å². The van der Waals surface area contributed by atoms with Gasteiger partial charge in [0.2, 0.25) is 0 Å². The van der Waals surface area contributed by atoms with Gasteiger partial charge in [-0.3, -0.25) is 4.79 Å². The van der Waals surface area contributed by atoms with Gasteiger partial charge in [-0.15, -0.1) is 0 Å². The first-order valence-corrected chi connectivity index (χ1v) is 11.2. The molecule has 33 heavy (non-hydrogen) atoms. The summed E-state index contributed by atoms with van der Waals surface area (Å²) in [6, 6.07) is 19.3. The molecule has 2 aromatic carbocycles. The zero-order valence-electron chi connectivity index (χ0n) is 18.6. The molecule has 1 N–H and O–H groups in total. The number of benzene rings is 2. The fourth-order valence-electron chi connectivity index (χ4n) is 4.02. The number of carbonyl (C=O) groups excluding carboxylic acids is 1. The van der Waals surface area contributed by atoms with Gasteiger partial charge < -0.3 is 19.5 Å². The zero-order chi connectivity index (χ0) is 23.4. The first-order valence-electron chi connectivity index (χ1n) is 10.8. The molecule has 4 rings (SSSR count). The Morgan fingerprint density at radius 2 is 1.76 bits per heavy atom. The molecule has 1 aromatic heterocycles. The highest BCUT2D eigenvalue weighted by Gasteiger charge is 2.16. The largest absolute Gasteiger partial charge is 0.378 e. The molecular weight excluding hydrogens is 436 g/mol. The van der Waals surface area contributed by atoms with Crippen LogP contribution in [0.2, 0.25) is 5.02 Å². The molecule has 0 radical (unpaired) electrons. The van der Waals surface area contributed by atoms with Crippen LogP contribution in [0.1, 0.15) is 17.0 Å². The molecule has 1 saturated heterocycles. The summed E-state index contributed by atoms with van der Waals surface area (Å²) in [5.41, 5.74) is 5.46. The molecule has 168 valence electrons. The standard InChI is InChI=1S/C26H25ClN4O2/c1-18-15-20(16-21(17-28)26(32)29-25-6-4-3-5-24(25)27)19(2)31(18)23-9-7-22(8-10-23)30-11-13-33-14-12-30/h3-10,15-16H,11-14H2,1-2H3,(H,29,32). The lowest BCUT2D eigenvalue weighted by atomic mass is 10.1. The van der Waals surface area contributed by atoms with Crippen LogP contribution in [0.5, 0.6) is 0 Å². The van der Waals surface area contributed by atoms with E-state index >= 15 is 0 Å². The predicted molar refractivity (Wildman–Crippen MR) is 132 cm³/mol. The van der Waals surface area contributed by atoms with Gasteiger partial charge in [0, 0.05) is 35.9 Å². The molecule has 1 aliphatic rings. The molecular formula is C26H25ClN4O2. The van der Waals surface area contributed by atoms with Crippen LogP contribution in [0.3, 0.4) is 0 Å². The molecule has 1 fully saturated rings. The number of nitrogens with one attached hydrogen (secondary N) is 1. The van der Waals surface area contributed by atoms with Crippen molar-refractivity contribution < 1.29 is 9.53 Å². The van der Waals surface area contributed by atoms with Crippen LogP contribution in [0.15, 0.2) is 60.2 Å². The lowest BCUT2D eigenvalue weighted by molar-refractivity contribution is -0.112. The summed E-state index contributed by atoms with van der Waals surface area (Å²) < 4.78 is 7.56. The quantitative estimate of drug-likeness (QED) is 0.423. The van der Waals surface area contributed by atoms with Crippen LogP contribution < -0.4 is 10.2 Å². The molecule has 0 unspecified atom stereocenters. The van der Waals surface area contributed by atoms with Crippen LogP contribution in [0, 0.1) is 25.2 Å². The zero-order valence-corrected chi connectivity index (χ0v) is 19.4. The minimum absolute atomic E-state index is 0.0119. The highest BCUT2D eigenvalue weighted by molar-refractivity contribution is 6.34. The van der Waals surface area contributed by atoms with Crippen LogP contribution in [0.4, 0.5) is 11.4 Å². The minimum atomic E-state index is -0.495. The Morgan fingerprint density at radius 1 is 1.09 bits per heavy atom. The second-order valence-corrected chi connectivity index (χ2v) is 8.29. The van der Waals surface area contributed by atoms with E-state index in [1.807, 2.05) is 26.0 Å². The van der Waals surface area contributed by atoms with Gasteiger partial charge in [-0.2, -0.15) is 5.26 Å². The van der Waals surface area contributed by atoms with Gasteiger partial charge in [-0.05, 0) is 68.0 Å². The van der Waals surface area contributed by atoms with Crippen molar-refractivity contribution >= 4 is 35.0 Å². The number of nitrogens with zero attached hydrogens (tertiary/aromatic N) is 3. The van der Waals surface area contributed by atoms with Crippen molar-refractivity contribution in [2.24, 2.45) is 0 Å². The number of para-hydroxylation sites is 1. The fourth-order valence-corrected chi connectivity index (χ4v) is 4.20. The number of hydrogen-bond donors (Lipinski definition) is 1. The number of halogens is 1. The average Bonchev–Trinajstić information content (AvgIpc) is 3.12. The molecule has 7 heteroatoms. The van der Waals surface area contributed by atoms with Gasteiger partial charge >= 0.3 is 0 Å². The lowest BCUT2D eigenvalue weighted by Gasteiger charge is -2.29. The van der Waals surface area contributed by atoms with E-state index in [4.69, 9.17) is 16.3 Å². The molecule has 0 spiro atoms. The first-order chi connectivity index (χ1) is 16.0. The van der Waals surface area contributed by atoms with Crippen molar-refractivity contribution in [3.63, 3.8) is 0 Å². The maximum atomic E-state index is 12.7. The minimum Gasteiger partial charge on any atom is -0.378 e. The second kappa shape index (κ2) is 9.95. The van der Waals surface area contributed by atoms with E-state index in [0.717, 1.165) is 48.9 Å². The average molecular weight is 461 g/mol. The molecule has 0 atom stereocenters. The number of amides is 1. The molecule has 2 heterocycles. The van der Waals surface area contributed by atoms with Crippen LogP contribution in [-0.2, 0) is 9.53 Å². The summed E-state index contributed by atoms with van der Waals surface area (Å²) in [7, 11) is 0. The number of aryl methyl sites for hydroxylation is 1. The third-order valence-corrected chi connectivity index (χ3v) is 6.07. The Kier molecular flexibility index (Phi) is 6.83. The summed E-state index contributed by atoms with van der Waals surface area (Å²) in [5, 5.41) is 12.7. The van der Waals surface area contributed by atoms with E-state index in [-0.39, 0.29) is 5.57 Å². The normalized spacial score (nSPS) is 14.1. The molecule has 6 nitrogen and oxygen atoms in total. The molecule has 1 amide bonds. The predicted octanol–water partition coefficient (Wildman–Crippen LogP) is 5.13. The Labute approximate surface area is 198 Å². The topological polar surface area (TPSA) is 70.3 Å². The van der Waals surface area contributed by atoms with Crippen LogP contribution in [0.25, 0.3) is 11.8 Å². The Hall–Kier alpha value is -3.53. The summed E-state index contributed by atoms with van der Waals surface area (Å²) >= 11 is 6.12. The molecule has 0 saturated carbocycles. The van der Waals surface area contributed by atoms with E-state index in [9.17, 15) is 10.1 Å². The SMILES string of the molecule is Cc1cc(C=C(C#N)C(=O)Nc2ccccc2Cl)c(C)n1-c1ccc(N2CCOCC2)cc1. The summed E-state index contributed by atoms with van der Waals surface area (Å²) in [6.07, 6.45) is 1.62. The van der Waals surface area contributed by atoms with Crippen molar-refractivity contribution in [2.75, 3.05) is 36.5 Å². The van der Waals surface area contributed by atoms with E-state index in [0.29, 0.717) is 10.7 Å². The van der Waals surface area contributed by atoms with E-state index in [1.165, 1.54) is 5.69 Å².